The van der Waals surface area contributed by atoms with Gasteiger partial charge in [0.15, 0.2) is 13.2 Å². The summed E-state index contributed by atoms with van der Waals surface area (Å²) in [5, 5.41) is 2.08. The van der Waals surface area contributed by atoms with Crippen LogP contribution in [0.3, 0.4) is 0 Å². The van der Waals surface area contributed by atoms with Gasteiger partial charge in [-0.2, -0.15) is 13.2 Å². The van der Waals surface area contributed by atoms with Gasteiger partial charge >= 0.3 is 12.1 Å². The lowest BCUT2D eigenvalue weighted by Gasteiger charge is -2.13. The Morgan fingerprint density at radius 2 is 1.77 bits per heavy atom. The van der Waals surface area contributed by atoms with Crippen LogP contribution in [0.2, 0.25) is 0 Å². The first-order chi connectivity index (χ1) is 12.3. The van der Waals surface area contributed by atoms with Crippen LogP contribution in [0.15, 0.2) is 48.5 Å². The van der Waals surface area contributed by atoms with Gasteiger partial charge in [-0.1, -0.05) is 24.3 Å². The molecule has 0 saturated heterocycles. The number of rotatable bonds is 6. The molecule has 0 aliphatic heterocycles. The van der Waals surface area contributed by atoms with E-state index in [4.69, 9.17) is 9.47 Å². The molecule has 0 saturated carbocycles. The Kier molecular flexibility index (Phi) is 6.21. The molecule has 26 heavy (non-hydrogen) atoms. The fourth-order valence-corrected chi connectivity index (χ4v) is 2.06. The number of carbonyl (C=O) groups excluding carboxylic acids is 2. The smallest absolute Gasteiger partial charge is 0.418 e. The number of anilines is 1. The summed E-state index contributed by atoms with van der Waals surface area (Å²) in [7, 11) is 0. The summed E-state index contributed by atoms with van der Waals surface area (Å²) in [6, 6.07) is 11.5. The molecule has 0 fully saturated rings. The van der Waals surface area contributed by atoms with Crippen LogP contribution in [0, 0.1) is 6.92 Å². The van der Waals surface area contributed by atoms with Crippen LogP contribution in [0.1, 0.15) is 11.1 Å². The van der Waals surface area contributed by atoms with E-state index in [9.17, 15) is 22.8 Å². The molecule has 2 aromatic carbocycles. The zero-order chi connectivity index (χ0) is 19.2. The number of alkyl halides is 3. The highest BCUT2D eigenvalue weighted by Gasteiger charge is 2.33. The van der Waals surface area contributed by atoms with Crippen molar-refractivity contribution in [1.82, 2.24) is 0 Å². The molecular weight excluding hydrogens is 351 g/mol. The highest BCUT2D eigenvalue weighted by Crippen LogP contribution is 2.34. The van der Waals surface area contributed by atoms with Gasteiger partial charge in [0.2, 0.25) is 0 Å². The van der Waals surface area contributed by atoms with Crippen molar-refractivity contribution in [3.05, 3.63) is 59.7 Å². The molecule has 138 valence electrons. The molecule has 8 heteroatoms. The van der Waals surface area contributed by atoms with Crippen molar-refractivity contribution >= 4 is 17.6 Å². The lowest BCUT2D eigenvalue weighted by molar-refractivity contribution is -0.149. The predicted molar refractivity (Wildman–Crippen MR) is 87.7 cm³/mol. The fraction of sp³-hybridized carbons (Fsp3) is 0.222. The number of amides is 1. The van der Waals surface area contributed by atoms with E-state index < -0.39 is 42.5 Å². The number of nitrogens with one attached hydrogen (secondary N) is 1. The minimum atomic E-state index is -4.61. The average Bonchev–Trinajstić information content (AvgIpc) is 2.58. The zero-order valence-electron chi connectivity index (χ0n) is 13.8. The number of hydrogen-bond donors (Lipinski definition) is 1. The predicted octanol–water partition coefficient (Wildman–Crippen LogP) is 3.57. The first kappa shape index (κ1) is 19.3. The quantitative estimate of drug-likeness (QED) is 0.793. The van der Waals surface area contributed by atoms with Gasteiger partial charge in [-0.3, -0.25) is 4.79 Å². The lowest BCUT2D eigenvalue weighted by atomic mass is 10.1. The van der Waals surface area contributed by atoms with Gasteiger partial charge in [-0.05, 0) is 36.8 Å². The van der Waals surface area contributed by atoms with Gasteiger partial charge < -0.3 is 14.8 Å². The van der Waals surface area contributed by atoms with E-state index in [1.54, 1.807) is 18.2 Å². The average molecular weight is 367 g/mol. The van der Waals surface area contributed by atoms with E-state index in [1.165, 1.54) is 12.1 Å². The summed E-state index contributed by atoms with van der Waals surface area (Å²) in [4.78, 5) is 23.3. The van der Waals surface area contributed by atoms with Gasteiger partial charge in [0, 0.05) is 0 Å². The van der Waals surface area contributed by atoms with Crippen LogP contribution in [0.5, 0.6) is 5.75 Å². The van der Waals surface area contributed by atoms with Crippen molar-refractivity contribution in [2.45, 2.75) is 13.1 Å². The van der Waals surface area contributed by atoms with E-state index >= 15 is 0 Å². The minimum absolute atomic E-state index is 0.406. The summed E-state index contributed by atoms with van der Waals surface area (Å²) >= 11 is 0. The van der Waals surface area contributed by atoms with Crippen LogP contribution in [0.25, 0.3) is 0 Å². The fourth-order valence-electron chi connectivity index (χ4n) is 2.06. The van der Waals surface area contributed by atoms with Gasteiger partial charge in [-0.15, -0.1) is 0 Å². The minimum Gasteiger partial charge on any atom is -0.482 e. The number of hydrogen-bond acceptors (Lipinski definition) is 4. The maximum Gasteiger partial charge on any atom is 0.418 e. The van der Waals surface area contributed by atoms with Crippen LogP contribution in [-0.4, -0.2) is 25.1 Å². The second kappa shape index (κ2) is 8.37. The molecule has 0 unspecified atom stereocenters. The highest BCUT2D eigenvalue weighted by molar-refractivity contribution is 5.93. The Labute approximate surface area is 147 Å². The molecule has 0 atom stereocenters. The van der Waals surface area contributed by atoms with Gasteiger partial charge in [0.25, 0.3) is 5.91 Å². The van der Waals surface area contributed by atoms with Crippen LogP contribution < -0.4 is 10.1 Å². The summed E-state index contributed by atoms with van der Waals surface area (Å²) in [5.74, 6) is -1.23. The highest BCUT2D eigenvalue weighted by atomic mass is 19.4. The zero-order valence-corrected chi connectivity index (χ0v) is 13.8. The molecule has 2 aromatic rings. The third kappa shape index (κ3) is 5.80. The number of benzene rings is 2. The second-order valence-corrected chi connectivity index (χ2v) is 5.36. The topological polar surface area (TPSA) is 64.6 Å². The normalized spacial score (nSPS) is 10.9. The third-order valence-corrected chi connectivity index (χ3v) is 3.22. The molecular formula is C18H16F3NO4. The molecule has 0 radical (unpaired) electrons. The molecule has 5 nitrogen and oxygen atoms in total. The van der Waals surface area contributed by atoms with Gasteiger partial charge in [0.1, 0.15) is 5.75 Å². The number of esters is 1. The maximum absolute atomic E-state index is 12.8. The standard InChI is InChI=1S/C18H16F3NO4/c1-12-5-4-6-13(9-12)25-11-17(24)26-10-16(23)22-15-8-3-2-7-14(15)18(19,20)21/h2-9H,10-11H2,1H3,(H,22,23). The monoisotopic (exact) mass is 367 g/mol. The largest absolute Gasteiger partial charge is 0.482 e. The Morgan fingerprint density at radius 3 is 2.46 bits per heavy atom. The van der Waals surface area contributed by atoms with Crippen molar-refractivity contribution in [3.63, 3.8) is 0 Å². The van der Waals surface area contributed by atoms with E-state index in [2.05, 4.69) is 5.32 Å². The SMILES string of the molecule is Cc1cccc(OCC(=O)OCC(=O)Nc2ccccc2C(F)(F)F)c1. The van der Waals surface area contributed by atoms with Crippen molar-refractivity contribution in [2.24, 2.45) is 0 Å². The van der Waals surface area contributed by atoms with Gasteiger partial charge in [-0.25, -0.2) is 4.79 Å². The van der Waals surface area contributed by atoms with Crippen molar-refractivity contribution in [2.75, 3.05) is 18.5 Å². The van der Waals surface area contributed by atoms with Crippen molar-refractivity contribution in [3.8, 4) is 5.75 Å². The molecule has 0 aliphatic rings. The molecule has 0 heterocycles. The van der Waals surface area contributed by atoms with Crippen LogP contribution in [0.4, 0.5) is 18.9 Å². The van der Waals surface area contributed by atoms with E-state index in [0.717, 1.165) is 17.7 Å². The van der Waals surface area contributed by atoms with E-state index in [0.29, 0.717) is 5.75 Å². The maximum atomic E-state index is 12.8. The summed E-state index contributed by atoms with van der Waals surface area (Å²) in [5.41, 5.74) is -0.446. The number of para-hydroxylation sites is 1. The first-order valence-electron chi connectivity index (χ1n) is 7.57. The van der Waals surface area contributed by atoms with E-state index in [1.807, 2.05) is 13.0 Å². The Hall–Kier alpha value is -3.03. The Bertz CT molecular complexity index is 790. The number of aryl methyl sites for hydroxylation is 1. The number of ether oxygens (including phenoxy) is 2. The Balaban J connectivity index is 1.83. The molecule has 0 bridgehead atoms. The molecule has 1 amide bonds. The number of carbonyl (C=O) groups is 2. The summed E-state index contributed by atoms with van der Waals surface area (Å²) in [6.07, 6.45) is -4.61. The molecule has 0 spiro atoms. The molecule has 0 aromatic heterocycles. The second-order valence-electron chi connectivity index (χ2n) is 5.36. The molecule has 0 aliphatic carbocycles. The first-order valence-corrected chi connectivity index (χ1v) is 7.57. The summed E-state index contributed by atoms with van der Waals surface area (Å²) < 4.78 is 48.5. The van der Waals surface area contributed by atoms with Crippen LogP contribution >= 0.6 is 0 Å². The Morgan fingerprint density at radius 1 is 1.04 bits per heavy atom. The lowest BCUT2D eigenvalue weighted by Crippen LogP contribution is -2.24. The van der Waals surface area contributed by atoms with E-state index in [-0.39, 0.29) is 0 Å². The molecule has 2 rings (SSSR count). The van der Waals surface area contributed by atoms with Crippen molar-refractivity contribution in [1.29, 1.82) is 0 Å². The molecule has 1 N–H and O–H groups in total. The summed E-state index contributed by atoms with van der Waals surface area (Å²) in [6.45, 7) is 0.715. The number of halogens is 3. The van der Waals surface area contributed by atoms with Gasteiger partial charge in [0.05, 0.1) is 11.3 Å². The van der Waals surface area contributed by atoms with Crippen LogP contribution in [-0.2, 0) is 20.5 Å². The van der Waals surface area contributed by atoms with Crippen molar-refractivity contribution < 1.29 is 32.2 Å². The third-order valence-electron chi connectivity index (χ3n) is 3.22.